The minimum Gasteiger partial charge on any atom is -0.504 e. The van der Waals surface area contributed by atoms with Crippen molar-refractivity contribution in [3.8, 4) is 11.5 Å². The molecule has 2 amide bonds. The molecular weight excluding hydrogens is 288 g/mol. The maximum absolute atomic E-state index is 11.8. The molecule has 4 N–H and O–H groups in total. The van der Waals surface area contributed by atoms with Crippen LogP contribution in [0, 0.1) is 0 Å². The fourth-order valence-electron chi connectivity index (χ4n) is 1.60. The first-order valence-electron chi connectivity index (χ1n) is 6.96. The fraction of sp³-hybridized carbons (Fsp3) is 0.467. The molecule has 0 unspecified atom stereocenters. The van der Waals surface area contributed by atoms with E-state index in [1.807, 2.05) is 0 Å². The second-order valence-electron chi connectivity index (χ2n) is 5.71. The number of aromatic hydroxyl groups is 2. The summed E-state index contributed by atoms with van der Waals surface area (Å²) in [6.07, 6.45) is -0.00524. The van der Waals surface area contributed by atoms with Gasteiger partial charge in [-0.15, -0.1) is 0 Å². The van der Waals surface area contributed by atoms with Gasteiger partial charge in [0.15, 0.2) is 11.5 Å². The molecule has 122 valence electrons. The van der Waals surface area contributed by atoms with E-state index in [9.17, 15) is 19.8 Å². The van der Waals surface area contributed by atoms with Gasteiger partial charge in [0.05, 0.1) is 5.56 Å². The van der Waals surface area contributed by atoms with Crippen molar-refractivity contribution in [1.29, 1.82) is 0 Å². The lowest BCUT2D eigenvalue weighted by Gasteiger charge is -2.19. The number of nitrogens with one attached hydrogen (secondary N) is 2. The minimum absolute atomic E-state index is 0.0000940. The number of carbonyl (C=O) groups excluding carboxylic acids is 2. The normalized spacial score (nSPS) is 10.9. The number of hydrogen-bond acceptors (Lipinski definition) is 5. The second kappa shape index (κ2) is 7.53. The van der Waals surface area contributed by atoms with Crippen LogP contribution in [0.2, 0.25) is 0 Å². The molecule has 0 radical (unpaired) electrons. The molecular formula is C15H22N2O5. The topological polar surface area (TPSA) is 108 Å². The number of amides is 2. The summed E-state index contributed by atoms with van der Waals surface area (Å²) >= 11 is 0. The van der Waals surface area contributed by atoms with Gasteiger partial charge in [0.2, 0.25) is 0 Å². The SMILES string of the molecule is CC(C)(C)OC(=O)NCCCNC(=O)c1cccc(O)c1O. The first-order valence-corrected chi connectivity index (χ1v) is 6.96. The largest absolute Gasteiger partial charge is 0.504 e. The van der Waals surface area contributed by atoms with Crippen molar-refractivity contribution in [2.24, 2.45) is 0 Å². The highest BCUT2D eigenvalue weighted by molar-refractivity contribution is 5.97. The van der Waals surface area contributed by atoms with Crippen molar-refractivity contribution in [1.82, 2.24) is 10.6 Å². The van der Waals surface area contributed by atoms with Crippen LogP contribution in [0.3, 0.4) is 0 Å². The van der Waals surface area contributed by atoms with Gasteiger partial charge in [-0.25, -0.2) is 4.79 Å². The van der Waals surface area contributed by atoms with Crippen LogP contribution >= 0.6 is 0 Å². The number of para-hydroxylation sites is 1. The van der Waals surface area contributed by atoms with Gasteiger partial charge >= 0.3 is 6.09 Å². The van der Waals surface area contributed by atoms with Crippen LogP contribution < -0.4 is 10.6 Å². The average molecular weight is 310 g/mol. The summed E-state index contributed by atoms with van der Waals surface area (Å²) in [7, 11) is 0. The highest BCUT2D eigenvalue weighted by atomic mass is 16.6. The number of phenols is 2. The third kappa shape index (κ3) is 5.90. The molecule has 1 rings (SSSR count). The zero-order valence-corrected chi connectivity index (χ0v) is 13.0. The molecule has 0 aliphatic heterocycles. The summed E-state index contributed by atoms with van der Waals surface area (Å²) in [5.41, 5.74) is -0.550. The molecule has 0 fully saturated rings. The molecule has 0 heterocycles. The molecule has 0 aromatic heterocycles. The lowest BCUT2D eigenvalue weighted by atomic mass is 10.1. The predicted octanol–water partition coefficient (Wildman–Crippen LogP) is 1.74. The van der Waals surface area contributed by atoms with E-state index in [0.717, 1.165) is 0 Å². The molecule has 0 bridgehead atoms. The third-order valence-corrected chi connectivity index (χ3v) is 2.57. The first kappa shape index (κ1) is 17.6. The molecule has 1 aromatic carbocycles. The Kier molecular flexibility index (Phi) is 6.03. The Balaban J connectivity index is 2.29. The molecule has 22 heavy (non-hydrogen) atoms. The van der Waals surface area contributed by atoms with Crippen molar-refractivity contribution in [2.75, 3.05) is 13.1 Å². The van der Waals surface area contributed by atoms with Gasteiger partial charge < -0.3 is 25.6 Å². The van der Waals surface area contributed by atoms with Crippen LogP contribution in [0.1, 0.15) is 37.6 Å². The number of alkyl carbamates (subject to hydrolysis) is 1. The fourth-order valence-corrected chi connectivity index (χ4v) is 1.60. The van der Waals surface area contributed by atoms with Crippen molar-refractivity contribution in [3.05, 3.63) is 23.8 Å². The highest BCUT2D eigenvalue weighted by Crippen LogP contribution is 2.27. The molecule has 0 saturated heterocycles. The Hall–Kier alpha value is -2.44. The van der Waals surface area contributed by atoms with Crippen LogP contribution in [0.15, 0.2) is 18.2 Å². The summed E-state index contributed by atoms with van der Waals surface area (Å²) in [6.45, 7) is 5.97. The maximum Gasteiger partial charge on any atom is 0.407 e. The van der Waals surface area contributed by atoms with E-state index in [4.69, 9.17) is 4.74 Å². The van der Waals surface area contributed by atoms with Crippen LogP contribution in [0.5, 0.6) is 11.5 Å². The van der Waals surface area contributed by atoms with Gasteiger partial charge in [-0.3, -0.25) is 4.79 Å². The standard InChI is InChI=1S/C15H22N2O5/c1-15(2,3)22-14(21)17-9-5-8-16-13(20)10-6-4-7-11(18)12(10)19/h4,6-7,18-19H,5,8-9H2,1-3H3,(H,16,20)(H,17,21). The number of phenolic OH excluding ortho intramolecular Hbond substituents is 2. The molecule has 7 heteroatoms. The average Bonchev–Trinajstić information content (AvgIpc) is 2.39. The highest BCUT2D eigenvalue weighted by Gasteiger charge is 2.16. The van der Waals surface area contributed by atoms with E-state index in [2.05, 4.69) is 10.6 Å². The maximum atomic E-state index is 11.8. The lowest BCUT2D eigenvalue weighted by molar-refractivity contribution is 0.0527. The Morgan fingerprint density at radius 1 is 1.14 bits per heavy atom. The molecule has 7 nitrogen and oxygen atoms in total. The quantitative estimate of drug-likeness (QED) is 0.489. The van der Waals surface area contributed by atoms with Gasteiger partial charge in [-0.1, -0.05) is 6.07 Å². The predicted molar refractivity (Wildman–Crippen MR) is 81.0 cm³/mol. The van der Waals surface area contributed by atoms with E-state index < -0.39 is 23.4 Å². The molecule has 0 saturated carbocycles. The van der Waals surface area contributed by atoms with Crippen LogP contribution in [-0.4, -0.2) is 40.9 Å². The zero-order chi connectivity index (χ0) is 16.8. The van der Waals surface area contributed by atoms with E-state index in [1.165, 1.54) is 18.2 Å². The zero-order valence-electron chi connectivity index (χ0n) is 13.0. The molecule has 1 aromatic rings. The smallest absolute Gasteiger partial charge is 0.407 e. The van der Waals surface area contributed by atoms with Crippen LogP contribution in [0.25, 0.3) is 0 Å². The molecule has 0 spiro atoms. The Morgan fingerprint density at radius 2 is 1.77 bits per heavy atom. The Labute approximate surface area is 129 Å². The summed E-state index contributed by atoms with van der Waals surface area (Å²) in [5, 5.41) is 24.0. The van der Waals surface area contributed by atoms with E-state index in [1.54, 1.807) is 20.8 Å². The van der Waals surface area contributed by atoms with Gasteiger partial charge in [0, 0.05) is 13.1 Å². The number of benzene rings is 1. The van der Waals surface area contributed by atoms with Crippen LogP contribution in [0.4, 0.5) is 4.79 Å². The van der Waals surface area contributed by atoms with Gasteiger partial charge in [-0.2, -0.15) is 0 Å². The van der Waals surface area contributed by atoms with E-state index in [-0.39, 0.29) is 11.3 Å². The molecule has 0 aliphatic carbocycles. The minimum atomic E-state index is -0.550. The summed E-state index contributed by atoms with van der Waals surface area (Å²) in [5.74, 6) is -1.29. The van der Waals surface area contributed by atoms with Crippen LogP contribution in [-0.2, 0) is 4.74 Å². The first-order chi connectivity index (χ1) is 10.2. The molecule has 0 atom stereocenters. The van der Waals surface area contributed by atoms with Crippen molar-refractivity contribution < 1.29 is 24.5 Å². The van der Waals surface area contributed by atoms with Crippen molar-refractivity contribution in [2.45, 2.75) is 32.8 Å². The number of carbonyl (C=O) groups is 2. The Morgan fingerprint density at radius 3 is 2.41 bits per heavy atom. The number of ether oxygens (including phenoxy) is 1. The van der Waals surface area contributed by atoms with Gasteiger partial charge in [0.25, 0.3) is 5.91 Å². The summed E-state index contributed by atoms with van der Waals surface area (Å²) in [4.78, 5) is 23.2. The monoisotopic (exact) mass is 310 g/mol. The summed E-state index contributed by atoms with van der Waals surface area (Å²) < 4.78 is 5.07. The number of rotatable bonds is 5. The van der Waals surface area contributed by atoms with E-state index in [0.29, 0.717) is 19.5 Å². The van der Waals surface area contributed by atoms with E-state index >= 15 is 0 Å². The molecule has 0 aliphatic rings. The lowest BCUT2D eigenvalue weighted by Crippen LogP contribution is -2.34. The van der Waals surface area contributed by atoms with Crippen molar-refractivity contribution >= 4 is 12.0 Å². The Bertz CT molecular complexity index is 537. The summed E-state index contributed by atoms with van der Waals surface area (Å²) in [6, 6.07) is 4.16. The van der Waals surface area contributed by atoms with Crippen molar-refractivity contribution in [3.63, 3.8) is 0 Å². The third-order valence-electron chi connectivity index (χ3n) is 2.57. The second-order valence-corrected chi connectivity index (χ2v) is 5.71. The van der Waals surface area contributed by atoms with Gasteiger partial charge in [0.1, 0.15) is 5.60 Å². The number of hydrogen-bond donors (Lipinski definition) is 4. The van der Waals surface area contributed by atoms with Gasteiger partial charge in [-0.05, 0) is 39.3 Å².